The van der Waals surface area contributed by atoms with Gasteiger partial charge in [0, 0.05) is 0 Å². The first kappa shape index (κ1) is 15.1. The molecule has 4 heteroatoms. The van der Waals surface area contributed by atoms with Crippen LogP contribution in [0.2, 0.25) is 0 Å². The Balaban J connectivity index is 2.92. The van der Waals surface area contributed by atoms with E-state index in [9.17, 15) is 4.79 Å². The van der Waals surface area contributed by atoms with Gasteiger partial charge >= 0.3 is 5.97 Å². The average Bonchev–Trinajstić information content (AvgIpc) is 2.42. The molecule has 0 aliphatic rings. The summed E-state index contributed by atoms with van der Waals surface area (Å²) in [7, 11) is 1.59. The average molecular weight is 264 g/mol. The molecule has 19 heavy (non-hydrogen) atoms. The minimum atomic E-state index is -0.839. The molecule has 0 radical (unpaired) electrons. The number of hydrogen-bond donors (Lipinski definition) is 1. The van der Waals surface area contributed by atoms with E-state index in [1.165, 1.54) is 0 Å². The van der Waals surface area contributed by atoms with Gasteiger partial charge in [-0.05, 0) is 36.6 Å². The van der Waals surface area contributed by atoms with Crippen LogP contribution in [0.5, 0.6) is 11.5 Å². The number of methoxy groups -OCH3 is 1. The van der Waals surface area contributed by atoms with Gasteiger partial charge < -0.3 is 14.6 Å². The molecular weight excluding hydrogens is 244 g/mol. The fraction of sp³-hybridized carbons (Fsp3) is 0.400. The molecule has 0 spiro atoms. The molecule has 0 bridgehead atoms. The van der Waals surface area contributed by atoms with Gasteiger partial charge in [-0.3, -0.25) is 4.79 Å². The molecule has 0 aliphatic carbocycles. The number of rotatable bonds is 7. The van der Waals surface area contributed by atoms with Gasteiger partial charge in [-0.1, -0.05) is 19.1 Å². The monoisotopic (exact) mass is 264 g/mol. The fourth-order valence-corrected chi connectivity index (χ4v) is 1.60. The van der Waals surface area contributed by atoms with Crippen LogP contribution in [0.3, 0.4) is 0 Å². The van der Waals surface area contributed by atoms with Crippen molar-refractivity contribution in [2.45, 2.75) is 26.7 Å². The molecule has 0 amide bonds. The Morgan fingerprint density at radius 3 is 2.68 bits per heavy atom. The van der Waals surface area contributed by atoms with Crippen LogP contribution in [0, 0.1) is 0 Å². The molecule has 0 fully saturated rings. The standard InChI is InChI=1S/C15H20O4/c1-4-9-19-13-7-6-12(10-14(13)18-3)11(2)5-8-15(16)17/h5-7,10H,4,8-9H2,1-3H3,(H,16,17)/b11-5+. The lowest BCUT2D eigenvalue weighted by atomic mass is 10.1. The number of carbonyl (C=O) groups is 1. The van der Waals surface area contributed by atoms with Crippen LogP contribution in [0.15, 0.2) is 24.3 Å². The lowest BCUT2D eigenvalue weighted by Gasteiger charge is -2.12. The highest BCUT2D eigenvalue weighted by Crippen LogP contribution is 2.30. The van der Waals surface area contributed by atoms with Crippen molar-refractivity contribution in [1.29, 1.82) is 0 Å². The molecule has 0 unspecified atom stereocenters. The summed E-state index contributed by atoms with van der Waals surface area (Å²) in [5, 5.41) is 8.66. The first-order valence-corrected chi connectivity index (χ1v) is 6.28. The van der Waals surface area contributed by atoms with E-state index in [0.29, 0.717) is 18.1 Å². The summed E-state index contributed by atoms with van der Waals surface area (Å²) < 4.78 is 10.9. The molecule has 1 N–H and O–H groups in total. The molecule has 1 rings (SSSR count). The molecular formula is C15H20O4. The summed E-state index contributed by atoms with van der Waals surface area (Å²) in [4.78, 5) is 10.5. The molecule has 104 valence electrons. The van der Waals surface area contributed by atoms with Crippen LogP contribution in [-0.4, -0.2) is 24.8 Å². The SMILES string of the molecule is CCCOc1ccc(/C(C)=C/CC(=O)O)cc1OC. The van der Waals surface area contributed by atoms with Crippen LogP contribution in [-0.2, 0) is 4.79 Å². The van der Waals surface area contributed by atoms with Crippen LogP contribution in [0.25, 0.3) is 5.57 Å². The lowest BCUT2D eigenvalue weighted by Crippen LogP contribution is -1.98. The predicted molar refractivity (Wildman–Crippen MR) is 74.7 cm³/mol. The van der Waals surface area contributed by atoms with Gasteiger partial charge in [0.2, 0.25) is 0 Å². The molecule has 0 atom stereocenters. The van der Waals surface area contributed by atoms with Gasteiger partial charge in [0.25, 0.3) is 0 Å². The predicted octanol–water partition coefficient (Wildman–Crippen LogP) is 3.36. The minimum Gasteiger partial charge on any atom is -0.493 e. The normalized spacial score (nSPS) is 11.2. The summed E-state index contributed by atoms with van der Waals surface area (Å²) in [5.41, 5.74) is 1.84. The zero-order chi connectivity index (χ0) is 14.3. The zero-order valence-corrected chi connectivity index (χ0v) is 11.6. The van der Waals surface area contributed by atoms with Gasteiger partial charge in [0.1, 0.15) is 0 Å². The van der Waals surface area contributed by atoms with Crippen molar-refractivity contribution >= 4 is 11.5 Å². The molecule has 1 aromatic carbocycles. The molecule has 0 saturated carbocycles. The smallest absolute Gasteiger partial charge is 0.307 e. The van der Waals surface area contributed by atoms with Crippen LogP contribution in [0.1, 0.15) is 32.3 Å². The summed E-state index contributed by atoms with van der Waals surface area (Å²) in [5.74, 6) is 0.530. The second kappa shape index (κ2) is 7.46. The van der Waals surface area contributed by atoms with Gasteiger partial charge in [0.05, 0.1) is 20.1 Å². The fourth-order valence-electron chi connectivity index (χ4n) is 1.60. The van der Waals surface area contributed by atoms with E-state index in [4.69, 9.17) is 14.6 Å². The largest absolute Gasteiger partial charge is 0.493 e. The topological polar surface area (TPSA) is 55.8 Å². The Bertz CT molecular complexity index is 463. The van der Waals surface area contributed by atoms with E-state index in [0.717, 1.165) is 17.6 Å². The highest BCUT2D eigenvalue weighted by molar-refractivity contribution is 5.74. The highest BCUT2D eigenvalue weighted by Gasteiger charge is 2.06. The van der Waals surface area contributed by atoms with Crippen LogP contribution < -0.4 is 9.47 Å². The second-order valence-electron chi connectivity index (χ2n) is 4.20. The zero-order valence-electron chi connectivity index (χ0n) is 11.6. The Labute approximate surface area is 113 Å². The Morgan fingerprint density at radius 1 is 1.37 bits per heavy atom. The molecule has 0 aliphatic heterocycles. The van der Waals surface area contributed by atoms with Gasteiger partial charge in [-0.15, -0.1) is 0 Å². The molecule has 1 aromatic rings. The van der Waals surface area contributed by atoms with Gasteiger partial charge in [-0.25, -0.2) is 0 Å². The number of benzene rings is 1. The third kappa shape index (κ3) is 4.66. The Kier molecular flexibility index (Phi) is 5.93. The molecule has 0 aromatic heterocycles. The molecule has 0 heterocycles. The van der Waals surface area contributed by atoms with E-state index < -0.39 is 5.97 Å². The van der Waals surface area contributed by atoms with Gasteiger partial charge in [-0.2, -0.15) is 0 Å². The van der Waals surface area contributed by atoms with Crippen molar-refractivity contribution in [1.82, 2.24) is 0 Å². The van der Waals surface area contributed by atoms with Crippen molar-refractivity contribution in [3.05, 3.63) is 29.8 Å². The second-order valence-corrected chi connectivity index (χ2v) is 4.20. The minimum absolute atomic E-state index is 0.0161. The first-order chi connectivity index (χ1) is 9.08. The van der Waals surface area contributed by atoms with Crippen LogP contribution in [0.4, 0.5) is 0 Å². The van der Waals surface area contributed by atoms with E-state index in [-0.39, 0.29) is 6.42 Å². The Morgan fingerprint density at radius 2 is 2.11 bits per heavy atom. The number of carboxylic acid groups (broad SMARTS) is 1. The highest BCUT2D eigenvalue weighted by atomic mass is 16.5. The summed E-state index contributed by atoms with van der Waals surface area (Å²) >= 11 is 0. The maximum atomic E-state index is 10.5. The molecule has 4 nitrogen and oxygen atoms in total. The van der Waals surface area contributed by atoms with Crippen LogP contribution >= 0.6 is 0 Å². The number of allylic oxidation sites excluding steroid dienone is 1. The quantitative estimate of drug-likeness (QED) is 0.820. The number of aliphatic carboxylic acids is 1. The number of ether oxygens (including phenoxy) is 2. The van der Waals surface area contributed by atoms with E-state index in [1.807, 2.05) is 32.0 Å². The molecule has 0 saturated heterocycles. The van der Waals surface area contributed by atoms with Gasteiger partial charge in [0.15, 0.2) is 11.5 Å². The maximum Gasteiger partial charge on any atom is 0.307 e. The van der Waals surface area contributed by atoms with E-state index >= 15 is 0 Å². The third-order valence-electron chi connectivity index (χ3n) is 2.66. The van der Waals surface area contributed by atoms with E-state index in [1.54, 1.807) is 13.2 Å². The van der Waals surface area contributed by atoms with E-state index in [2.05, 4.69) is 0 Å². The lowest BCUT2D eigenvalue weighted by molar-refractivity contribution is -0.135. The number of carboxylic acids is 1. The maximum absolute atomic E-state index is 10.5. The van der Waals surface area contributed by atoms with Crippen molar-refractivity contribution in [3.8, 4) is 11.5 Å². The van der Waals surface area contributed by atoms with Crippen molar-refractivity contribution < 1.29 is 19.4 Å². The van der Waals surface area contributed by atoms with Crippen molar-refractivity contribution in [3.63, 3.8) is 0 Å². The summed E-state index contributed by atoms with van der Waals surface area (Å²) in [6.45, 7) is 4.56. The first-order valence-electron chi connectivity index (χ1n) is 6.28. The summed E-state index contributed by atoms with van der Waals surface area (Å²) in [6.07, 6.45) is 2.63. The number of hydrogen-bond acceptors (Lipinski definition) is 3. The van der Waals surface area contributed by atoms with Crippen molar-refractivity contribution in [2.24, 2.45) is 0 Å². The Hall–Kier alpha value is -1.97. The summed E-state index contributed by atoms with van der Waals surface area (Å²) in [6, 6.07) is 5.61. The third-order valence-corrected chi connectivity index (χ3v) is 2.66. The van der Waals surface area contributed by atoms with Crippen molar-refractivity contribution in [2.75, 3.05) is 13.7 Å².